The summed E-state index contributed by atoms with van der Waals surface area (Å²) in [6.45, 7) is 0. The molecule has 0 saturated carbocycles. The van der Waals surface area contributed by atoms with Gasteiger partial charge in [-0.1, -0.05) is 0 Å². The molecule has 1 aromatic rings. The summed E-state index contributed by atoms with van der Waals surface area (Å²) in [6, 6.07) is 3.23. The van der Waals surface area contributed by atoms with Gasteiger partial charge in [0.25, 0.3) is 5.91 Å². The van der Waals surface area contributed by atoms with Crippen molar-refractivity contribution in [1.82, 2.24) is 5.06 Å². The Hall–Kier alpha value is -1.27. The van der Waals surface area contributed by atoms with Crippen molar-refractivity contribution in [1.29, 1.82) is 0 Å². The average Bonchev–Trinajstić information content (AvgIpc) is 2.37. The van der Waals surface area contributed by atoms with E-state index in [9.17, 15) is 4.79 Å². The van der Waals surface area contributed by atoms with Gasteiger partial charge in [0.2, 0.25) is 0 Å². The van der Waals surface area contributed by atoms with Crippen molar-refractivity contribution < 1.29 is 19.1 Å². The van der Waals surface area contributed by atoms with Crippen LogP contribution in [0.15, 0.2) is 16.6 Å². The van der Waals surface area contributed by atoms with Crippen molar-refractivity contribution in [3.8, 4) is 11.5 Å². The summed E-state index contributed by atoms with van der Waals surface area (Å²) < 4.78 is 11.0. The van der Waals surface area contributed by atoms with Crippen molar-refractivity contribution in [2.45, 2.75) is 0 Å². The molecular formula is C11H14BrNO4. The first-order valence-corrected chi connectivity index (χ1v) is 5.58. The topological polar surface area (TPSA) is 48.0 Å². The fourth-order valence-electron chi connectivity index (χ4n) is 1.26. The van der Waals surface area contributed by atoms with Crippen molar-refractivity contribution in [2.24, 2.45) is 0 Å². The number of hydrogen-bond donors (Lipinski definition) is 0. The molecule has 0 heterocycles. The lowest BCUT2D eigenvalue weighted by molar-refractivity contribution is -0.0757. The molecule has 5 nitrogen and oxygen atoms in total. The number of benzene rings is 1. The molecule has 0 unspecified atom stereocenters. The van der Waals surface area contributed by atoms with Gasteiger partial charge >= 0.3 is 0 Å². The fourth-order valence-corrected chi connectivity index (χ4v) is 1.81. The van der Waals surface area contributed by atoms with Crippen molar-refractivity contribution in [3.63, 3.8) is 0 Å². The van der Waals surface area contributed by atoms with Crippen LogP contribution in [0.1, 0.15) is 10.4 Å². The number of rotatable bonds is 4. The van der Waals surface area contributed by atoms with Crippen LogP contribution >= 0.6 is 15.9 Å². The number of amides is 1. The molecule has 0 aliphatic carbocycles. The Balaban J connectivity index is 3.22. The van der Waals surface area contributed by atoms with E-state index in [1.807, 2.05) is 0 Å². The normalized spacial score (nSPS) is 9.94. The summed E-state index contributed by atoms with van der Waals surface area (Å²) in [5, 5.41) is 1.13. The predicted molar refractivity (Wildman–Crippen MR) is 66.3 cm³/mol. The maximum atomic E-state index is 11.9. The van der Waals surface area contributed by atoms with Gasteiger partial charge in [0.05, 0.1) is 21.3 Å². The van der Waals surface area contributed by atoms with E-state index in [1.165, 1.54) is 28.4 Å². The van der Waals surface area contributed by atoms with E-state index in [0.717, 1.165) is 5.06 Å². The first-order chi connectivity index (χ1) is 8.04. The summed E-state index contributed by atoms with van der Waals surface area (Å²) in [6.07, 6.45) is 0. The van der Waals surface area contributed by atoms with Gasteiger partial charge in [-0.05, 0) is 28.1 Å². The highest BCUT2D eigenvalue weighted by molar-refractivity contribution is 9.10. The Morgan fingerprint density at radius 1 is 1.18 bits per heavy atom. The summed E-state index contributed by atoms with van der Waals surface area (Å²) >= 11 is 3.33. The number of nitrogens with zero attached hydrogens (tertiary/aromatic N) is 1. The molecule has 0 bridgehead atoms. The van der Waals surface area contributed by atoms with E-state index >= 15 is 0 Å². The molecule has 1 amide bonds. The van der Waals surface area contributed by atoms with Crippen LogP contribution in [0.25, 0.3) is 0 Å². The molecule has 0 N–H and O–H groups in total. The molecule has 0 fully saturated rings. The minimum atomic E-state index is -0.281. The van der Waals surface area contributed by atoms with Crippen LogP contribution < -0.4 is 9.47 Å². The molecule has 94 valence electrons. The second-order valence-corrected chi connectivity index (χ2v) is 3.97. The van der Waals surface area contributed by atoms with Crippen LogP contribution in [0.4, 0.5) is 0 Å². The van der Waals surface area contributed by atoms with Gasteiger partial charge in [0, 0.05) is 12.6 Å². The molecule has 1 rings (SSSR count). The zero-order valence-corrected chi connectivity index (χ0v) is 11.7. The Labute approximate surface area is 108 Å². The number of carbonyl (C=O) groups is 1. The Bertz CT molecular complexity index is 397. The van der Waals surface area contributed by atoms with Crippen molar-refractivity contribution in [2.75, 3.05) is 28.4 Å². The van der Waals surface area contributed by atoms with Crippen molar-refractivity contribution in [3.05, 3.63) is 22.2 Å². The Morgan fingerprint density at radius 2 is 1.65 bits per heavy atom. The largest absolute Gasteiger partial charge is 0.495 e. The summed E-state index contributed by atoms with van der Waals surface area (Å²) in [4.78, 5) is 16.7. The van der Waals surface area contributed by atoms with Gasteiger partial charge in [-0.15, -0.1) is 0 Å². The minimum absolute atomic E-state index is 0.281. The van der Waals surface area contributed by atoms with Crippen LogP contribution in [0.3, 0.4) is 0 Å². The minimum Gasteiger partial charge on any atom is -0.495 e. The van der Waals surface area contributed by atoms with Crippen LogP contribution in [-0.4, -0.2) is 39.3 Å². The number of halogens is 1. The lowest BCUT2D eigenvalue weighted by atomic mass is 10.2. The third-order valence-corrected chi connectivity index (χ3v) is 3.03. The van der Waals surface area contributed by atoms with Gasteiger partial charge in [-0.25, -0.2) is 5.06 Å². The first-order valence-electron chi connectivity index (χ1n) is 4.78. The van der Waals surface area contributed by atoms with E-state index in [-0.39, 0.29) is 5.91 Å². The second kappa shape index (κ2) is 5.88. The van der Waals surface area contributed by atoms with Crippen LogP contribution in [0.2, 0.25) is 0 Å². The highest BCUT2D eigenvalue weighted by Gasteiger charge is 2.17. The highest BCUT2D eigenvalue weighted by atomic mass is 79.9. The molecule has 1 aromatic carbocycles. The van der Waals surface area contributed by atoms with E-state index in [0.29, 0.717) is 21.5 Å². The first kappa shape index (κ1) is 13.8. The number of hydroxylamine groups is 2. The van der Waals surface area contributed by atoms with E-state index in [4.69, 9.17) is 14.3 Å². The molecule has 0 saturated heterocycles. The number of methoxy groups -OCH3 is 2. The monoisotopic (exact) mass is 303 g/mol. The molecule has 17 heavy (non-hydrogen) atoms. The molecule has 0 aromatic heterocycles. The average molecular weight is 304 g/mol. The van der Waals surface area contributed by atoms with E-state index in [1.54, 1.807) is 12.1 Å². The predicted octanol–water partition coefficient (Wildman–Crippen LogP) is 2.10. The van der Waals surface area contributed by atoms with Crippen LogP contribution in [0, 0.1) is 0 Å². The summed E-state index contributed by atoms with van der Waals surface area (Å²) in [7, 11) is 6.00. The quantitative estimate of drug-likeness (QED) is 0.799. The SMILES string of the molecule is COc1cc(C(=O)N(C)OC)cc(OC)c1Br. The Morgan fingerprint density at radius 3 is 2.00 bits per heavy atom. The van der Waals surface area contributed by atoms with Crippen LogP contribution in [-0.2, 0) is 4.84 Å². The molecule has 6 heteroatoms. The molecule has 0 radical (unpaired) electrons. The van der Waals surface area contributed by atoms with Crippen molar-refractivity contribution >= 4 is 21.8 Å². The second-order valence-electron chi connectivity index (χ2n) is 3.18. The van der Waals surface area contributed by atoms with Gasteiger partial charge < -0.3 is 9.47 Å². The highest BCUT2D eigenvalue weighted by Crippen LogP contribution is 2.35. The zero-order valence-electron chi connectivity index (χ0n) is 10.1. The molecule has 0 atom stereocenters. The molecule has 0 aliphatic rings. The van der Waals surface area contributed by atoms with Gasteiger partial charge in [0.1, 0.15) is 16.0 Å². The van der Waals surface area contributed by atoms with Crippen LogP contribution in [0.5, 0.6) is 11.5 Å². The zero-order chi connectivity index (χ0) is 13.0. The maximum absolute atomic E-state index is 11.9. The summed E-state index contributed by atoms with van der Waals surface area (Å²) in [5.74, 6) is 0.769. The maximum Gasteiger partial charge on any atom is 0.277 e. The third-order valence-electron chi connectivity index (χ3n) is 2.25. The van der Waals surface area contributed by atoms with E-state index < -0.39 is 0 Å². The lowest BCUT2D eigenvalue weighted by Gasteiger charge is -2.16. The van der Waals surface area contributed by atoms with E-state index in [2.05, 4.69) is 15.9 Å². The fraction of sp³-hybridized carbons (Fsp3) is 0.364. The standard InChI is InChI=1S/C11H14BrNO4/c1-13(17-4)11(14)7-5-8(15-2)10(12)9(6-7)16-3/h5-6H,1-4H3. The third kappa shape index (κ3) is 2.89. The lowest BCUT2D eigenvalue weighted by Crippen LogP contribution is -2.25. The number of hydrogen-bond acceptors (Lipinski definition) is 4. The smallest absolute Gasteiger partial charge is 0.277 e. The summed E-state index contributed by atoms with van der Waals surface area (Å²) in [5.41, 5.74) is 0.422. The molecule has 0 spiro atoms. The van der Waals surface area contributed by atoms with Gasteiger partial charge in [-0.3, -0.25) is 9.63 Å². The Kier molecular flexibility index (Phi) is 4.77. The van der Waals surface area contributed by atoms with Gasteiger partial charge in [0.15, 0.2) is 0 Å². The molecular weight excluding hydrogens is 290 g/mol. The number of ether oxygens (including phenoxy) is 2. The van der Waals surface area contributed by atoms with Gasteiger partial charge in [-0.2, -0.15) is 0 Å². The molecule has 0 aliphatic heterocycles. The number of carbonyl (C=O) groups excluding carboxylic acids is 1.